The van der Waals surface area contributed by atoms with E-state index in [9.17, 15) is 9.59 Å². The van der Waals surface area contributed by atoms with E-state index in [1.165, 1.54) is 0 Å². The predicted molar refractivity (Wildman–Crippen MR) is 106 cm³/mol. The van der Waals surface area contributed by atoms with Gasteiger partial charge in [0, 0.05) is 44.9 Å². The average molecular weight is 397 g/mol. The van der Waals surface area contributed by atoms with Crippen molar-refractivity contribution in [1.82, 2.24) is 20.4 Å². The predicted octanol–water partition coefficient (Wildman–Crippen LogP) is 0.897. The minimum atomic E-state index is -0.0631. The van der Waals surface area contributed by atoms with Gasteiger partial charge in [0.1, 0.15) is 0 Å². The Labute approximate surface area is 166 Å². The van der Waals surface area contributed by atoms with Crippen LogP contribution in [0.3, 0.4) is 0 Å². The van der Waals surface area contributed by atoms with Crippen molar-refractivity contribution >= 4 is 23.4 Å². The Bertz CT molecular complexity index is 603. The molecule has 27 heavy (non-hydrogen) atoms. The smallest absolute Gasteiger partial charge is 0.234 e. The number of hydrogen-bond donors (Lipinski definition) is 2. The van der Waals surface area contributed by atoms with Crippen LogP contribution in [0.2, 0.25) is 5.02 Å². The van der Waals surface area contributed by atoms with E-state index in [1.54, 1.807) is 7.11 Å². The first kappa shape index (κ1) is 21.6. The Morgan fingerprint density at radius 1 is 1.07 bits per heavy atom. The number of piperazine rings is 1. The Hall–Kier alpha value is -1.67. The molecule has 1 fully saturated rings. The Balaban J connectivity index is 1.66. The second-order valence-corrected chi connectivity index (χ2v) is 7.17. The summed E-state index contributed by atoms with van der Waals surface area (Å²) in [7, 11) is 1.61. The summed E-state index contributed by atoms with van der Waals surface area (Å²) in [5.41, 5.74) is 1.03. The molecule has 150 valence electrons. The molecule has 0 spiro atoms. The molecular formula is C19H29ClN4O3. The number of amides is 2. The number of benzene rings is 1. The van der Waals surface area contributed by atoms with E-state index in [0.29, 0.717) is 31.3 Å². The van der Waals surface area contributed by atoms with Crippen LogP contribution < -0.4 is 10.6 Å². The number of carbonyl (C=O) groups excluding carboxylic acids is 2. The van der Waals surface area contributed by atoms with Gasteiger partial charge in [0.25, 0.3) is 0 Å². The number of hydrogen-bond acceptors (Lipinski definition) is 5. The van der Waals surface area contributed by atoms with Gasteiger partial charge in [-0.3, -0.25) is 19.4 Å². The van der Waals surface area contributed by atoms with Gasteiger partial charge in [0.2, 0.25) is 11.8 Å². The van der Waals surface area contributed by atoms with E-state index < -0.39 is 0 Å². The van der Waals surface area contributed by atoms with Crippen LogP contribution >= 0.6 is 11.6 Å². The molecule has 1 aromatic rings. The van der Waals surface area contributed by atoms with Crippen molar-refractivity contribution in [2.24, 2.45) is 0 Å². The molecule has 0 radical (unpaired) electrons. The third-order valence-corrected chi connectivity index (χ3v) is 4.83. The molecule has 1 saturated heterocycles. The lowest BCUT2D eigenvalue weighted by atomic mass is 10.1. The average Bonchev–Trinajstić information content (AvgIpc) is 2.64. The largest absolute Gasteiger partial charge is 0.383 e. The van der Waals surface area contributed by atoms with Crippen LogP contribution in [-0.2, 0) is 14.3 Å². The zero-order chi connectivity index (χ0) is 19.6. The highest BCUT2D eigenvalue weighted by Gasteiger charge is 2.21. The topological polar surface area (TPSA) is 73.9 Å². The number of ether oxygens (including phenoxy) is 1. The lowest BCUT2D eigenvalue weighted by Crippen LogP contribution is -2.51. The summed E-state index contributed by atoms with van der Waals surface area (Å²) in [6, 6.07) is 7.42. The van der Waals surface area contributed by atoms with Gasteiger partial charge in [0.15, 0.2) is 0 Å². The number of carbonyl (C=O) groups is 2. The normalized spacial score (nSPS) is 16.7. The van der Waals surface area contributed by atoms with E-state index in [0.717, 1.165) is 31.7 Å². The Morgan fingerprint density at radius 2 is 1.63 bits per heavy atom. The first-order valence-electron chi connectivity index (χ1n) is 9.23. The molecular weight excluding hydrogens is 368 g/mol. The fraction of sp³-hybridized carbons (Fsp3) is 0.579. The highest BCUT2D eigenvalue weighted by atomic mass is 35.5. The van der Waals surface area contributed by atoms with Crippen LogP contribution in [0.1, 0.15) is 18.5 Å². The lowest BCUT2D eigenvalue weighted by molar-refractivity contribution is -0.125. The maximum Gasteiger partial charge on any atom is 0.234 e. The molecule has 2 rings (SSSR count). The van der Waals surface area contributed by atoms with E-state index in [2.05, 4.69) is 20.4 Å². The summed E-state index contributed by atoms with van der Waals surface area (Å²) in [6.45, 7) is 6.85. The van der Waals surface area contributed by atoms with Gasteiger partial charge in [-0.15, -0.1) is 0 Å². The highest BCUT2D eigenvalue weighted by molar-refractivity contribution is 6.30. The number of halogens is 1. The van der Waals surface area contributed by atoms with E-state index in [-0.39, 0.29) is 17.9 Å². The third kappa shape index (κ3) is 7.84. The maximum atomic E-state index is 12.3. The van der Waals surface area contributed by atoms with Crippen molar-refractivity contribution in [3.8, 4) is 0 Å². The van der Waals surface area contributed by atoms with E-state index >= 15 is 0 Å². The van der Waals surface area contributed by atoms with Gasteiger partial charge in [-0.1, -0.05) is 23.7 Å². The first-order chi connectivity index (χ1) is 13.0. The fourth-order valence-electron chi connectivity index (χ4n) is 2.98. The molecule has 1 atom stereocenters. The Morgan fingerprint density at radius 3 is 2.19 bits per heavy atom. The van der Waals surface area contributed by atoms with Gasteiger partial charge in [-0.25, -0.2) is 0 Å². The fourth-order valence-corrected chi connectivity index (χ4v) is 3.11. The van der Waals surface area contributed by atoms with Crippen molar-refractivity contribution in [2.75, 3.05) is 59.5 Å². The first-order valence-corrected chi connectivity index (χ1v) is 9.61. The van der Waals surface area contributed by atoms with Gasteiger partial charge < -0.3 is 15.4 Å². The van der Waals surface area contributed by atoms with Crippen molar-refractivity contribution < 1.29 is 14.3 Å². The SMILES string of the molecule is COCCNC(=O)CN1CCN(CC(=O)NC(C)c2ccc(Cl)cc2)CC1. The maximum absolute atomic E-state index is 12.3. The third-order valence-electron chi connectivity index (χ3n) is 4.58. The molecule has 0 saturated carbocycles. The van der Waals surface area contributed by atoms with Gasteiger partial charge in [-0.2, -0.15) is 0 Å². The van der Waals surface area contributed by atoms with E-state index in [4.69, 9.17) is 16.3 Å². The van der Waals surface area contributed by atoms with Crippen LogP contribution in [0.4, 0.5) is 0 Å². The summed E-state index contributed by atoms with van der Waals surface area (Å²) < 4.78 is 4.92. The minimum absolute atomic E-state index is 0.00297. The van der Waals surface area contributed by atoms with Crippen molar-refractivity contribution in [2.45, 2.75) is 13.0 Å². The molecule has 1 unspecified atom stereocenters. The van der Waals surface area contributed by atoms with Crippen LogP contribution in [0.15, 0.2) is 24.3 Å². The van der Waals surface area contributed by atoms with Crippen molar-refractivity contribution in [3.05, 3.63) is 34.9 Å². The van der Waals surface area contributed by atoms with Crippen molar-refractivity contribution in [1.29, 1.82) is 0 Å². The number of nitrogens with zero attached hydrogens (tertiary/aromatic N) is 2. The molecule has 0 bridgehead atoms. The summed E-state index contributed by atoms with van der Waals surface area (Å²) in [4.78, 5) is 28.3. The summed E-state index contributed by atoms with van der Waals surface area (Å²) in [5, 5.41) is 6.53. The van der Waals surface area contributed by atoms with Crippen LogP contribution in [0.5, 0.6) is 0 Å². The Kier molecular flexibility index (Phi) is 9.00. The van der Waals surface area contributed by atoms with Crippen LogP contribution in [0.25, 0.3) is 0 Å². The second kappa shape index (κ2) is 11.2. The standard InChI is InChI=1S/C19H29ClN4O3/c1-15(16-3-5-17(20)6-4-16)22-19(26)14-24-10-8-23(9-11-24)13-18(25)21-7-12-27-2/h3-6,15H,7-14H2,1-2H3,(H,21,25)(H,22,26). The van der Waals surface area contributed by atoms with Crippen molar-refractivity contribution in [3.63, 3.8) is 0 Å². The molecule has 1 aromatic carbocycles. The van der Waals surface area contributed by atoms with Gasteiger partial charge in [-0.05, 0) is 24.6 Å². The monoisotopic (exact) mass is 396 g/mol. The second-order valence-electron chi connectivity index (χ2n) is 6.74. The zero-order valence-electron chi connectivity index (χ0n) is 16.0. The molecule has 8 heteroatoms. The van der Waals surface area contributed by atoms with Gasteiger partial charge >= 0.3 is 0 Å². The molecule has 1 aliphatic heterocycles. The minimum Gasteiger partial charge on any atom is -0.383 e. The van der Waals surface area contributed by atoms with Crippen LogP contribution in [0, 0.1) is 0 Å². The van der Waals surface area contributed by atoms with Crippen LogP contribution in [-0.4, -0.2) is 81.1 Å². The summed E-state index contributed by atoms with van der Waals surface area (Å²) in [6.07, 6.45) is 0. The van der Waals surface area contributed by atoms with Gasteiger partial charge in [0.05, 0.1) is 25.7 Å². The van der Waals surface area contributed by atoms with E-state index in [1.807, 2.05) is 31.2 Å². The quantitative estimate of drug-likeness (QED) is 0.607. The molecule has 2 N–H and O–H groups in total. The zero-order valence-corrected chi connectivity index (χ0v) is 16.8. The molecule has 1 aliphatic rings. The molecule has 0 aromatic heterocycles. The molecule has 0 aliphatic carbocycles. The molecule has 2 amide bonds. The molecule has 7 nitrogen and oxygen atoms in total. The molecule has 1 heterocycles. The number of rotatable bonds is 9. The summed E-state index contributed by atoms with van der Waals surface area (Å²) in [5.74, 6) is 0.0123. The summed E-state index contributed by atoms with van der Waals surface area (Å²) >= 11 is 5.90. The number of methoxy groups -OCH3 is 1. The highest BCUT2D eigenvalue weighted by Crippen LogP contribution is 2.16. The lowest BCUT2D eigenvalue weighted by Gasteiger charge is -2.34. The number of nitrogens with one attached hydrogen (secondary N) is 2.